The second-order valence-corrected chi connectivity index (χ2v) is 1.81. The van der Waals surface area contributed by atoms with Crippen LogP contribution in [-0.4, -0.2) is 34.4 Å². The zero-order valence-corrected chi connectivity index (χ0v) is 5.95. The predicted molar refractivity (Wildman–Crippen MR) is 38.7 cm³/mol. The molecule has 0 fully saturated rings. The Labute approximate surface area is 63.1 Å². The van der Waals surface area contributed by atoms with Crippen LogP contribution in [0.25, 0.3) is 0 Å². The number of rotatable bonds is 4. The van der Waals surface area contributed by atoms with Crippen molar-refractivity contribution in [2.75, 3.05) is 5.75 Å². The summed E-state index contributed by atoms with van der Waals surface area (Å²) in [5, 5.41) is 16.3. The molecule has 5 nitrogen and oxygen atoms in total. The Bertz CT molecular complexity index is 138. The van der Waals surface area contributed by atoms with E-state index in [1.165, 1.54) is 0 Å². The number of nitrogens with one attached hydrogen (secondary N) is 1. The molecule has 0 aliphatic rings. The van der Waals surface area contributed by atoms with Gasteiger partial charge in [0.25, 0.3) is 0 Å². The van der Waals surface area contributed by atoms with Crippen molar-refractivity contribution in [1.29, 1.82) is 0 Å². The second kappa shape index (κ2) is 5.07. The molecule has 0 amide bonds. The first-order chi connectivity index (χ1) is 4.72. The maximum atomic E-state index is 10.2. The van der Waals surface area contributed by atoms with Crippen LogP contribution < -0.4 is 5.48 Å². The number of hydrogen-bond donors (Lipinski definition) is 4. The number of carbonyl (C=O) groups is 1. The highest BCUT2D eigenvalue weighted by Gasteiger charge is 2.11. The topological polar surface area (TPSA) is 81.9 Å². The van der Waals surface area contributed by atoms with Crippen LogP contribution in [0.4, 0.5) is 0 Å². The maximum absolute atomic E-state index is 10.2. The van der Waals surface area contributed by atoms with Gasteiger partial charge in [-0.15, -0.1) is 0 Å². The van der Waals surface area contributed by atoms with Crippen molar-refractivity contribution in [3.8, 4) is 0 Å². The van der Waals surface area contributed by atoms with Crippen molar-refractivity contribution in [3.63, 3.8) is 0 Å². The third-order valence-electron chi connectivity index (χ3n) is 0.770. The van der Waals surface area contributed by atoms with Gasteiger partial charge in [0.1, 0.15) is 6.34 Å². The Morgan fingerprint density at radius 3 is 2.80 bits per heavy atom. The zero-order valence-electron chi connectivity index (χ0n) is 5.06. The number of hydrogen-bond acceptors (Lipinski definition) is 4. The lowest BCUT2D eigenvalue weighted by molar-refractivity contribution is -0.137. The van der Waals surface area contributed by atoms with Gasteiger partial charge in [0.15, 0.2) is 6.04 Å². The van der Waals surface area contributed by atoms with Gasteiger partial charge < -0.3 is 5.11 Å². The lowest BCUT2D eigenvalue weighted by Gasteiger charge is -2.00. The van der Waals surface area contributed by atoms with Gasteiger partial charge in [0.05, 0.1) is 0 Å². The minimum absolute atomic E-state index is 0.105. The van der Waals surface area contributed by atoms with Crippen LogP contribution in [0, 0.1) is 0 Å². The largest absolute Gasteiger partial charge is 0.480 e. The Kier molecular flexibility index (Phi) is 4.69. The van der Waals surface area contributed by atoms with Crippen LogP contribution in [0.3, 0.4) is 0 Å². The fraction of sp³-hybridized carbons (Fsp3) is 0.500. The maximum Gasteiger partial charge on any atom is 0.329 e. The Balaban J connectivity index is 3.83. The van der Waals surface area contributed by atoms with Crippen molar-refractivity contribution >= 4 is 24.9 Å². The molecular weight excluding hydrogens is 156 g/mol. The molecule has 3 N–H and O–H groups in total. The third-order valence-corrected chi connectivity index (χ3v) is 1.12. The highest BCUT2D eigenvalue weighted by atomic mass is 32.1. The summed E-state index contributed by atoms with van der Waals surface area (Å²) in [6, 6.07) is -0.900. The van der Waals surface area contributed by atoms with Gasteiger partial charge in [-0.1, -0.05) is 0 Å². The molecule has 6 heteroatoms. The number of thiol groups is 1. The lowest BCUT2D eigenvalue weighted by atomic mass is 10.4. The van der Waals surface area contributed by atoms with E-state index < -0.39 is 12.0 Å². The van der Waals surface area contributed by atoms with E-state index in [4.69, 9.17) is 10.3 Å². The van der Waals surface area contributed by atoms with Gasteiger partial charge in [-0.05, 0) is 0 Å². The summed E-state index contributed by atoms with van der Waals surface area (Å²) in [6.45, 7) is 0. The summed E-state index contributed by atoms with van der Waals surface area (Å²) in [6.07, 6.45) is 0.898. The van der Waals surface area contributed by atoms with Crippen molar-refractivity contribution in [2.45, 2.75) is 6.04 Å². The molecule has 1 atom stereocenters. The molecule has 0 aliphatic carbocycles. The average Bonchev–Trinajstić information content (AvgIpc) is 1.89. The van der Waals surface area contributed by atoms with Crippen LogP contribution in [0.2, 0.25) is 0 Å². The molecule has 0 rings (SSSR count). The van der Waals surface area contributed by atoms with Gasteiger partial charge in [-0.3, -0.25) is 15.7 Å². The van der Waals surface area contributed by atoms with Crippen molar-refractivity contribution in [3.05, 3.63) is 0 Å². The van der Waals surface area contributed by atoms with Crippen LogP contribution >= 0.6 is 12.6 Å². The Morgan fingerprint density at radius 1 is 1.90 bits per heavy atom. The smallest absolute Gasteiger partial charge is 0.329 e. The van der Waals surface area contributed by atoms with E-state index in [0.717, 1.165) is 6.34 Å². The average molecular weight is 164 g/mol. The number of aliphatic carboxylic acids is 1. The van der Waals surface area contributed by atoms with E-state index in [9.17, 15) is 4.79 Å². The molecule has 1 unspecified atom stereocenters. The first kappa shape index (κ1) is 9.25. The summed E-state index contributed by atoms with van der Waals surface area (Å²) in [5.41, 5.74) is 1.60. The summed E-state index contributed by atoms with van der Waals surface area (Å²) >= 11 is 3.72. The number of hydroxylamine groups is 1. The standard InChI is InChI=1S/C4H8N2O3S/c7-4(8)3(1-10)5-2-6-9/h2-3,9-10H,1H2,(H,5,6)(H,7,8). The first-order valence-corrected chi connectivity index (χ1v) is 3.10. The molecule has 0 aromatic carbocycles. The summed E-state index contributed by atoms with van der Waals surface area (Å²) in [5.74, 6) is -0.963. The number of nitrogens with zero attached hydrogens (tertiary/aromatic N) is 1. The fourth-order valence-electron chi connectivity index (χ4n) is 0.312. The lowest BCUT2D eigenvalue weighted by Crippen LogP contribution is -2.21. The van der Waals surface area contributed by atoms with Crippen LogP contribution in [0.5, 0.6) is 0 Å². The third kappa shape index (κ3) is 3.31. The number of aliphatic imine (C=N–C) groups is 1. The monoisotopic (exact) mass is 164 g/mol. The van der Waals surface area contributed by atoms with Gasteiger partial charge in [0, 0.05) is 5.75 Å². The first-order valence-electron chi connectivity index (χ1n) is 2.47. The van der Waals surface area contributed by atoms with Gasteiger partial charge in [-0.2, -0.15) is 12.6 Å². The van der Waals surface area contributed by atoms with E-state index in [2.05, 4.69) is 17.6 Å². The molecule has 0 heterocycles. The molecule has 0 saturated carbocycles. The molecule has 0 radical (unpaired) electrons. The molecular formula is C4H8N2O3S. The van der Waals surface area contributed by atoms with E-state index in [0.29, 0.717) is 0 Å². The van der Waals surface area contributed by atoms with Gasteiger partial charge >= 0.3 is 5.97 Å². The molecule has 0 aliphatic heterocycles. The van der Waals surface area contributed by atoms with Crippen molar-refractivity contribution < 1.29 is 15.1 Å². The quantitative estimate of drug-likeness (QED) is 0.193. The van der Waals surface area contributed by atoms with E-state index >= 15 is 0 Å². The zero-order chi connectivity index (χ0) is 7.98. The van der Waals surface area contributed by atoms with Crippen molar-refractivity contribution in [2.24, 2.45) is 4.99 Å². The molecule has 0 spiro atoms. The SMILES string of the molecule is O=C(O)C(CS)N=CNO. The summed E-state index contributed by atoms with van der Waals surface area (Å²) in [7, 11) is 0. The fourth-order valence-corrected chi connectivity index (χ4v) is 0.563. The molecule has 0 saturated heterocycles. The summed E-state index contributed by atoms with van der Waals surface area (Å²) in [4.78, 5) is 13.6. The molecule has 58 valence electrons. The number of carboxylic acid groups (broad SMARTS) is 1. The highest BCUT2D eigenvalue weighted by molar-refractivity contribution is 7.80. The van der Waals surface area contributed by atoms with Crippen molar-refractivity contribution in [1.82, 2.24) is 5.48 Å². The predicted octanol–water partition coefficient (Wildman–Crippen LogP) is -0.623. The summed E-state index contributed by atoms with van der Waals surface area (Å²) < 4.78 is 0. The molecule has 0 aromatic heterocycles. The Morgan fingerprint density at radius 2 is 2.50 bits per heavy atom. The normalized spacial score (nSPS) is 13.4. The van der Waals surface area contributed by atoms with E-state index in [1.54, 1.807) is 5.48 Å². The molecule has 0 aromatic rings. The van der Waals surface area contributed by atoms with Gasteiger partial charge in [0.2, 0.25) is 0 Å². The van der Waals surface area contributed by atoms with Crippen LogP contribution in [0.1, 0.15) is 0 Å². The van der Waals surface area contributed by atoms with Crippen LogP contribution in [0.15, 0.2) is 4.99 Å². The van der Waals surface area contributed by atoms with Crippen LogP contribution in [-0.2, 0) is 4.79 Å². The number of carboxylic acids is 1. The molecule has 0 bridgehead atoms. The van der Waals surface area contributed by atoms with E-state index in [1.807, 2.05) is 0 Å². The van der Waals surface area contributed by atoms with Gasteiger partial charge in [-0.25, -0.2) is 4.79 Å². The Hall–Kier alpha value is -0.750. The second-order valence-electron chi connectivity index (χ2n) is 1.44. The van der Waals surface area contributed by atoms with E-state index in [-0.39, 0.29) is 5.75 Å². The highest BCUT2D eigenvalue weighted by Crippen LogP contribution is 1.92. The minimum Gasteiger partial charge on any atom is -0.480 e. The minimum atomic E-state index is -1.07. The molecule has 10 heavy (non-hydrogen) atoms.